The first-order valence-electron chi connectivity index (χ1n) is 5.22. The van der Waals surface area contributed by atoms with E-state index >= 15 is 0 Å². The van der Waals surface area contributed by atoms with Gasteiger partial charge in [0.05, 0.1) is 0 Å². The molecule has 1 rings (SSSR count). The van der Waals surface area contributed by atoms with Crippen molar-refractivity contribution in [2.45, 2.75) is 32.5 Å². The molecule has 4 heteroatoms. The Labute approximate surface area is 93.5 Å². The number of alkyl halides is 3. The van der Waals surface area contributed by atoms with Crippen molar-refractivity contribution in [2.24, 2.45) is 11.7 Å². The Bertz CT molecular complexity index is 344. The number of benzene rings is 1. The quantitative estimate of drug-likeness (QED) is 0.847. The molecular weight excluding hydrogens is 215 g/mol. The lowest BCUT2D eigenvalue weighted by Crippen LogP contribution is -2.28. The summed E-state index contributed by atoms with van der Waals surface area (Å²) in [5.74, 6) is 0.414. The minimum Gasteiger partial charge on any atom is -0.316 e. The molecule has 0 aliphatic heterocycles. The maximum absolute atomic E-state index is 12.4. The van der Waals surface area contributed by atoms with Crippen LogP contribution in [0.4, 0.5) is 13.2 Å². The van der Waals surface area contributed by atoms with Crippen LogP contribution < -0.4 is 5.73 Å². The standard InChI is InChI=1S/C12H16F3N/c1-8(2)6-9-4-3-5-10(7-9)11(16)12(13,14)15/h3-5,7-8,11H,6,16H2,1-2H3. The minimum absolute atomic E-state index is 0.130. The van der Waals surface area contributed by atoms with Crippen LogP contribution in [0.15, 0.2) is 24.3 Å². The van der Waals surface area contributed by atoms with Crippen molar-refractivity contribution in [3.05, 3.63) is 35.4 Å². The van der Waals surface area contributed by atoms with Crippen LogP contribution in [0.1, 0.15) is 31.0 Å². The van der Waals surface area contributed by atoms with Gasteiger partial charge in [-0.05, 0) is 23.5 Å². The lowest BCUT2D eigenvalue weighted by Gasteiger charge is -2.17. The SMILES string of the molecule is CC(C)Cc1cccc(C(N)C(F)(F)F)c1. The van der Waals surface area contributed by atoms with E-state index in [1.807, 2.05) is 19.9 Å². The lowest BCUT2D eigenvalue weighted by atomic mass is 9.98. The van der Waals surface area contributed by atoms with Gasteiger partial charge in [-0.25, -0.2) is 0 Å². The second-order valence-corrected chi connectivity index (χ2v) is 4.36. The zero-order valence-electron chi connectivity index (χ0n) is 9.38. The van der Waals surface area contributed by atoms with E-state index in [1.54, 1.807) is 6.07 Å². The van der Waals surface area contributed by atoms with E-state index in [-0.39, 0.29) is 5.56 Å². The van der Waals surface area contributed by atoms with Gasteiger partial charge < -0.3 is 5.73 Å². The van der Waals surface area contributed by atoms with Crippen LogP contribution >= 0.6 is 0 Å². The smallest absolute Gasteiger partial charge is 0.316 e. The lowest BCUT2D eigenvalue weighted by molar-refractivity contribution is -0.149. The zero-order valence-corrected chi connectivity index (χ0v) is 9.38. The van der Waals surface area contributed by atoms with Crippen molar-refractivity contribution in [1.82, 2.24) is 0 Å². The van der Waals surface area contributed by atoms with Gasteiger partial charge in [0.15, 0.2) is 0 Å². The maximum atomic E-state index is 12.4. The van der Waals surface area contributed by atoms with Crippen LogP contribution in [0.2, 0.25) is 0 Å². The summed E-state index contributed by atoms with van der Waals surface area (Å²) in [7, 11) is 0. The Hall–Kier alpha value is -1.03. The second kappa shape index (κ2) is 4.87. The number of hydrogen-bond acceptors (Lipinski definition) is 1. The van der Waals surface area contributed by atoms with Crippen LogP contribution in [0.25, 0.3) is 0 Å². The normalized spacial score (nSPS) is 14.2. The Morgan fingerprint density at radius 2 is 1.88 bits per heavy atom. The van der Waals surface area contributed by atoms with Gasteiger partial charge in [-0.15, -0.1) is 0 Å². The van der Waals surface area contributed by atoms with Crippen LogP contribution in [-0.4, -0.2) is 6.18 Å². The predicted octanol–water partition coefficient (Wildman–Crippen LogP) is 3.45. The molecule has 1 aromatic rings. The van der Waals surface area contributed by atoms with Crippen molar-refractivity contribution in [3.63, 3.8) is 0 Å². The molecule has 0 radical (unpaired) electrons. The van der Waals surface area contributed by atoms with Gasteiger partial charge >= 0.3 is 6.18 Å². The van der Waals surface area contributed by atoms with E-state index in [2.05, 4.69) is 0 Å². The van der Waals surface area contributed by atoms with Crippen molar-refractivity contribution in [3.8, 4) is 0 Å². The molecule has 1 atom stereocenters. The second-order valence-electron chi connectivity index (χ2n) is 4.36. The third-order valence-electron chi connectivity index (χ3n) is 2.31. The molecule has 0 fully saturated rings. The van der Waals surface area contributed by atoms with Crippen LogP contribution in [0.5, 0.6) is 0 Å². The van der Waals surface area contributed by atoms with Crippen LogP contribution in [0.3, 0.4) is 0 Å². The summed E-state index contributed by atoms with van der Waals surface area (Å²) >= 11 is 0. The van der Waals surface area contributed by atoms with Crippen molar-refractivity contribution in [2.75, 3.05) is 0 Å². The summed E-state index contributed by atoms with van der Waals surface area (Å²) in [6.07, 6.45) is -3.62. The monoisotopic (exact) mass is 231 g/mol. The van der Waals surface area contributed by atoms with Crippen LogP contribution in [-0.2, 0) is 6.42 Å². The molecule has 0 spiro atoms. The molecule has 0 aromatic heterocycles. The van der Waals surface area contributed by atoms with Gasteiger partial charge in [0.2, 0.25) is 0 Å². The van der Waals surface area contributed by atoms with Gasteiger partial charge in [0, 0.05) is 0 Å². The highest BCUT2D eigenvalue weighted by Gasteiger charge is 2.37. The van der Waals surface area contributed by atoms with E-state index in [9.17, 15) is 13.2 Å². The molecule has 0 saturated heterocycles. The largest absolute Gasteiger partial charge is 0.407 e. The maximum Gasteiger partial charge on any atom is 0.407 e. The fourth-order valence-corrected chi connectivity index (χ4v) is 1.57. The molecule has 0 bridgehead atoms. The number of halogens is 3. The van der Waals surface area contributed by atoms with Gasteiger partial charge in [-0.2, -0.15) is 13.2 Å². The third kappa shape index (κ3) is 3.52. The Morgan fingerprint density at radius 3 is 2.38 bits per heavy atom. The predicted molar refractivity (Wildman–Crippen MR) is 58.0 cm³/mol. The summed E-state index contributed by atoms with van der Waals surface area (Å²) < 4.78 is 37.2. The van der Waals surface area contributed by atoms with Gasteiger partial charge in [0.25, 0.3) is 0 Å². The highest BCUT2D eigenvalue weighted by Crippen LogP contribution is 2.30. The van der Waals surface area contributed by atoms with Crippen molar-refractivity contribution < 1.29 is 13.2 Å². The first-order chi connectivity index (χ1) is 7.30. The summed E-state index contributed by atoms with van der Waals surface area (Å²) in [5.41, 5.74) is 6.17. The van der Waals surface area contributed by atoms with E-state index in [4.69, 9.17) is 5.73 Å². The molecule has 0 aliphatic rings. The van der Waals surface area contributed by atoms with E-state index in [1.165, 1.54) is 12.1 Å². The average molecular weight is 231 g/mol. The number of rotatable bonds is 3. The molecule has 1 aromatic carbocycles. The molecule has 0 amide bonds. The molecule has 0 aliphatic carbocycles. The summed E-state index contributed by atoms with van der Waals surface area (Å²) in [6, 6.07) is 4.52. The Kier molecular flexibility index (Phi) is 3.97. The molecular formula is C12H16F3N. The first-order valence-corrected chi connectivity index (χ1v) is 5.22. The Balaban J connectivity index is 2.90. The third-order valence-corrected chi connectivity index (χ3v) is 2.31. The number of nitrogens with two attached hydrogens (primary N) is 1. The molecule has 90 valence electrons. The van der Waals surface area contributed by atoms with E-state index < -0.39 is 12.2 Å². The first kappa shape index (κ1) is 13.0. The van der Waals surface area contributed by atoms with E-state index in [0.29, 0.717) is 5.92 Å². The van der Waals surface area contributed by atoms with Crippen LogP contribution in [0, 0.1) is 5.92 Å². The zero-order chi connectivity index (χ0) is 12.3. The molecule has 1 nitrogen and oxygen atoms in total. The molecule has 16 heavy (non-hydrogen) atoms. The fraction of sp³-hybridized carbons (Fsp3) is 0.500. The minimum atomic E-state index is -4.38. The van der Waals surface area contributed by atoms with Crippen molar-refractivity contribution >= 4 is 0 Å². The summed E-state index contributed by atoms with van der Waals surface area (Å²) in [5, 5.41) is 0. The molecule has 2 N–H and O–H groups in total. The summed E-state index contributed by atoms with van der Waals surface area (Å²) in [6.45, 7) is 4.05. The highest BCUT2D eigenvalue weighted by atomic mass is 19.4. The molecule has 1 unspecified atom stereocenters. The number of hydrogen-bond donors (Lipinski definition) is 1. The fourth-order valence-electron chi connectivity index (χ4n) is 1.57. The topological polar surface area (TPSA) is 26.0 Å². The van der Waals surface area contributed by atoms with E-state index in [0.717, 1.165) is 12.0 Å². The Morgan fingerprint density at radius 1 is 1.25 bits per heavy atom. The average Bonchev–Trinajstić information content (AvgIpc) is 2.14. The highest BCUT2D eigenvalue weighted by molar-refractivity contribution is 5.27. The molecule has 0 heterocycles. The summed E-state index contributed by atoms with van der Waals surface area (Å²) in [4.78, 5) is 0. The molecule has 0 saturated carbocycles. The van der Waals surface area contributed by atoms with Gasteiger partial charge in [-0.1, -0.05) is 38.1 Å². The van der Waals surface area contributed by atoms with Gasteiger partial charge in [-0.3, -0.25) is 0 Å². The van der Waals surface area contributed by atoms with Gasteiger partial charge in [0.1, 0.15) is 6.04 Å². The van der Waals surface area contributed by atoms with Crippen molar-refractivity contribution in [1.29, 1.82) is 0 Å².